The number of carbonyl (C=O) groups excluding carboxylic acids is 1. The first-order valence-electron chi connectivity index (χ1n) is 8.83. The molecule has 1 aliphatic rings. The van der Waals surface area contributed by atoms with Gasteiger partial charge in [0.25, 0.3) is 0 Å². The Morgan fingerprint density at radius 1 is 0.958 bits per heavy atom. The fraction of sp³-hybridized carbons (Fsp3) is 0.381. The van der Waals surface area contributed by atoms with Crippen LogP contribution >= 0.6 is 0 Å². The van der Waals surface area contributed by atoms with Gasteiger partial charge in [0.05, 0.1) is 5.54 Å². The average molecular weight is 322 g/mol. The first-order valence-corrected chi connectivity index (χ1v) is 8.83. The molecule has 0 unspecified atom stereocenters. The lowest BCUT2D eigenvalue weighted by Gasteiger charge is -2.30. The van der Waals surface area contributed by atoms with Crippen LogP contribution in [0.15, 0.2) is 60.7 Å². The lowest BCUT2D eigenvalue weighted by atomic mass is 9.87. The van der Waals surface area contributed by atoms with Crippen LogP contribution < -0.4 is 11.1 Å². The van der Waals surface area contributed by atoms with E-state index in [0.29, 0.717) is 13.0 Å². The van der Waals surface area contributed by atoms with E-state index in [1.807, 2.05) is 36.4 Å². The quantitative estimate of drug-likeness (QED) is 0.854. The summed E-state index contributed by atoms with van der Waals surface area (Å²) in [6, 6.07) is 20.5. The second-order valence-corrected chi connectivity index (χ2v) is 6.82. The monoisotopic (exact) mass is 322 g/mol. The molecule has 0 radical (unpaired) electrons. The average Bonchev–Trinajstić information content (AvgIpc) is 3.10. The molecule has 0 bridgehead atoms. The largest absolute Gasteiger partial charge is 0.349 e. The highest BCUT2D eigenvalue weighted by Crippen LogP contribution is 2.31. The van der Waals surface area contributed by atoms with Gasteiger partial charge in [-0.25, -0.2) is 0 Å². The molecular weight excluding hydrogens is 296 g/mol. The van der Waals surface area contributed by atoms with Crippen LogP contribution in [0, 0.1) is 0 Å². The maximum atomic E-state index is 12.8. The Kier molecular flexibility index (Phi) is 5.31. The summed E-state index contributed by atoms with van der Waals surface area (Å²) in [6.45, 7) is 0.528. The van der Waals surface area contributed by atoms with E-state index >= 15 is 0 Å². The highest BCUT2D eigenvalue weighted by atomic mass is 16.1. The molecule has 1 fully saturated rings. The van der Waals surface area contributed by atoms with Gasteiger partial charge in [0.2, 0.25) is 5.91 Å². The van der Waals surface area contributed by atoms with Crippen molar-refractivity contribution in [3.63, 3.8) is 0 Å². The van der Waals surface area contributed by atoms with Crippen molar-refractivity contribution < 1.29 is 4.79 Å². The Labute approximate surface area is 144 Å². The minimum absolute atomic E-state index is 0.0728. The van der Waals surface area contributed by atoms with Crippen molar-refractivity contribution in [2.75, 3.05) is 6.54 Å². The van der Waals surface area contributed by atoms with E-state index in [0.717, 1.165) is 25.7 Å². The Morgan fingerprint density at radius 2 is 1.46 bits per heavy atom. The van der Waals surface area contributed by atoms with E-state index in [1.54, 1.807) is 0 Å². The molecule has 1 aliphatic carbocycles. The van der Waals surface area contributed by atoms with Gasteiger partial charge in [-0.2, -0.15) is 0 Å². The molecule has 24 heavy (non-hydrogen) atoms. The molecule has 2 aromatic rings. The summed E-state index contributed by atoms with van der Waals surface area (Å²) < 4.78 is 0. The molecule has 1 saturated carbocycles. The third-order valence-corrected chi connectivity index (χ3v) is 5.15. The van der Waals surface area contributed by atoms with Crippen molar-refractivity contribution in [3.8, 4) is 0 Å². The van der Waals surface area contributed by atoms with E-state index in [1.165, 1.54) is 11.1 Å². The van der Waals surface area contributed by atoms with Crippen molar-refractivity contribution >= 4 is 5.91 Å². The van der Waals surface area contributed by atoms with Gasteiger partial charge in [-0.3, -0.25) is 4.79 Å². The Bertz CT molecular complexity index is 609. The predicted molar refractivity (Wildman–Crippen MR) is 97.7 cm³/mol. The normalized spacial score (nSPS) is 16.2. The first-order chi connectivity index (χ1) is 11.7. The molecule has 0 atom stereocenters. The molecule has 2 aromatic carbocycles. The Balaban J connectivity index is 1.78. The maximum Gasteiger partial charge on any atom is 0.221 e. The van der Waals surface area contributed by atoms with Crippen LogP contribution in [0.4, 0.5) is 0 Å². The minimum Gasteiger partial charge on any atom is -0.349 e. The number of nitrogens with one attached hydrogen (secondary N) is 1. The standard InChI is InChI=1S/C21H26N2O/c22-16-21(13-7-8-14-21)23-20(24)15-19(17-9-3-1-4-10-17)18-11-5-2-6-12-18/h1-6,9-12,19H,7-8,13-16,22H2,(H,23,24). The summed E-state index contributed by atoms with van der Waals surface area (Å²) in [5, 5.41) is 3.25. The van der Waals surface area contributed by atoms with Crippen molar-refractivity contribution in [2.24, 2.45) is 5.73 Å². The van der Waals surface area contributed by atoms with E-state index in [-0.39, 0.29) is 17.4 Å². The van der Waals surface area contributed by atoms with Gasteiger partial charge in [-0.15, -0.1) is 0 Å². The molecule has 126 valence electrons. The zero-order valence-corrected chi connectivity index (χ0v) is 14.1. The molecular formula is C21H26N2O. The number of rotatable bonds is 6. The lowest BCUT2D eigenvalue weighted by Crippen LogP contribution is -2.51. The van der Waals surface area contributed by atoms with Crippen LogP contribution in [0.1, 0.15) is 49.1 Å². The molecule has 3 heteroatoms. The van der Waals surface area contributed by atoms with Crippen molar-refractivity contribution in [3.05, 3.63) is 71.8 Å². The van der Waals surface area contributed by atoms with Gasteiger partial charge in [0.15, 0.2) is 0 Å². The summed E-state index contributed by atoms with van der Waals surface area (Å²) >= 11 is 0. The second-order valence-electron chi connectivity index (χ2n) is 6.82. The van der Waals surface area contributed by atoms with Gasteiger partial charge in [0, 0.05) is 18.9 Å². The zero-order valence-electron chi connectivity index (χ0n) is 14.1. The Morgan fingerprint density at radius 3 is 1.92 bits per heavy atom. The Hall–Kier alpha value is -2.13. The summed E-state index contributed by atoms with van der Waals surface area (Å²) in [4.78, 5) is 12.8. The fourth-order valence-corrected chi connectivity index (χ4v) is 3.76. The lowest BCUT2D eigenvalue weighted by molar-refractivity contribution is -0.123. The minimum atomic E-state index is -0.186. The van der Waals surface area contributed by atoms with Gasteiger partial charge in [-0.05, 0) is 24.0 Å². The van der Waals surface area contributed by atoms with Crippen LogP contribution in [0.25, 0.3) is 0 Å². The number of carbonyl (C=O) groups is 1. The van der Waals surface area contributed by atoms with E-state index in [9.17, 15) is 4.79 Å². The maximum absolute atomic E-state index is 12.8. The topological polar surface area (TPSA) is 55.1 Å². The van der Waals surface area contributed by atoms with Crippen LogP contribution in [0.5, 0.6) is 0 Å². The first kappa shape index (κ1) is 16.7. The van der Waals surface area contributed by atoms with Crippen molar-refractivity contribution in [1.82, 2.24) is 5.32 Å². The molecule has 0 saturated heterocycles. The van der Waals surface area contributed by atoms with Gasteiger partial charge >= 0.3 is 0 Å². The third kappa shape index (κ3) is 3.85. The van der Waals surface area contributed by atoms with Crippen molar-refractivity contribution in [2.45, 2.75) is 43.6 Å². The molecule has 3 rings (SSSR count). The highest BCUT2D eigenvalue weighted by Gasteiger charge is 2.34. The van der Waals surface area contributed by atoms with Crippen LogP contribution in [0.2, 0.25) is 0 Å². The van der Waals surface area contributed by atoms with E-state index < -0.39 is 0 Å². The smallest absolute Gasteiger partial charge is 0.221 e. The zero-order chi connectivity index (χ0) is 16.8. The second kappa shape index (κ2) is 7.63. The predicted octanol–water partition coefficient (Wildman–Crippen LogP) is 3.60. The van der Waals surface area contributed by atoms with Crippen LogP contribution in [-0.4, -0.2) is 18.0 Å². The van der Waals surface area contributed by atoms with E-state index in [2.05, 4.69) is 29.6 Å². The molecule has 1 amide bonds. The number of benzene rings is 2. The SMILES string of the molecule is NCC1(NC(=O)CC(c2ccccc2)c2ccccc2)CCCC1. The summed E-state index contributed by atoms with van der Waals surface area (Å²) in [6.07, 6.45) is 4.75. The van der Waals surface area contributed by atoms with Crippen molar-refractivity contribution in [1.29, 1.82) is 0 Å². The summed E-state index contributed by atoms with van der Waals surface area (Å²) in [5.74, 6) is 0.170. The molecule has 0 heterocycles. The van der Waals surface area contributed by atoms with Gasteiger partial charge < -0.3 is 11.1 Å². The summed E-state index contributed by atoms with van der Waals surface area (Å²) in [7, 11) is 0. The van der Waals surface area contributed by atoms with Crippen LogP contribution in [-0.2, 0) is 4.79 Å². The fourth-order valence-electron chi connectivity index (χ4n) is 3.76. The number of hydrogen-bond acceptors (Lipinski definition) is 2. The van der Waals surface area contributed by atoms with Gasteiger partial charge in [0.1, 0.15) is 0 Å². The number of hydrogen-bond donors (Lipinski definition) is 2. The summed E-state index contributed by atoms with van der Waals surface area (Å²) in [5.41, 5.74) is 8.12. The highest BCUT2D eigenvalue weighted by molar-refractivity contribution is 5.78. The van der Waals surface area contributed by atoms with Gasteiger partial charge in [-0.1, -0.05) is 73.5 Å². The molecule has 0 aliphatic heterocycles. The van der Waals surface area contributed by atoms with E-state index in [4.69, 9.17) is 5.73 Å². The molecule has 3 nitrogen and oxygen atoms in total. The molecule has 0 spiro atoms. The van der Waals surface area contributed by atoms with Crippen LogP contribution in [0.3, 0.4) is 0 Å². The molecule has 0 aromatic heterocycles. The molecule has 3 N–H and O–H groups in total. The number of amides is 1. The third-order valence-electron chi connectivity index (χ3n) is 5.15. The number of nitrogens with two attached hydrogens (primary N) is 1.